The molecule has 4 rings (SSSR count). The summed E-state index contributed by atoms with van der Waals surface area (Å²) < 4.78 is 12.8. The van der Waals surface area contributed by atoms with E-state index in [1.807, 2.05) is 42.5 Å². The number of aromatic nitrogens is 1. The van der Waals surface area contributed by atoms with Gasteiger partial charge in [0.2, 0.25) is 0 Å². The fraction of sp³-hybridized carbons (Fsp3) is 0.188. The van der Waals surface area contributed by atoms with Crippen molar-refractivity contribution in [1.82, 2.24) is 4.98 Å². The van der Waals surface area contributed by atoms with Crippen molar-refractivity contribution in [2.24, 2.45) is 0 Å². The Morgan fingerprint density at radius 1 is 1.10 bits per heavy atom. The van der Waals surface area contributed by atoms with E-state index in [1.54, 1.807) is 11.3 Å². The van der Waals surface area contributed by atoms with Crippen LogP contribution >= 0.6 is 11.3 Å². The number of benzene rings is 2. The summed E-state index contributed by atoms with van der Waals surface area (Å²) in [5.74, 6) is 1.62. The van der Waals surface area contributed by atoms with Gasteiger partial charge in [-0.2, -0.15) is 0 Å². The molecule has 0 unspecified atom stereocenters. The average molecular weight is 298 g/mol. The van der Waals surface area contributed by atoms with Crippen LogP contribution in [0.2, 0.25) is 0 Å². The van der Waals surface area contributed by atoms with E-state index in [1.165, 1.54) is 4.70 Å². The van der Waals surface area contributed by atoms with E-state index >= 15 is 0 Å². The molecule has 0 radical (unpaired) electrons. The second-order valence-corrected chi connectivity index (χ2v) is 5.90. The molecule has 21 heavy (non-hydrogen) atoms. The molecule has 0 aliphatic carbocycles. The third-order valence-electron chi connectivity index (χ3n) is 3.34. The predicted molar refractivity (Wildman–Crippen MR) is 84.5 cm³/mol. The van der Waals surface area contributed by atoms with Crippen LogP contribution in [-0.4, -0.2) is 24.2 Å². The summed E-state index contributed by atoms with van der Waals surface area (Å²) >= 11 is 1.65. The Kier molecular flexibility index (Phi) is 3.12. The summed E-state index contributed by atoms with van der Waals surface area (Å²) in [5.41, 5.74) is 1.02. The topological polar surface area (TPSA) is 43.4 Å². The first-order chi connectivity index (χ1) is 10.4. The Balaban J connectivity index is 1.43. The SMILES string of the molecule is c1ccc2c(c1)OC[C@@H](CNc1nc3ccccc3s1)O2. The van der Waals surface area contributed by atoms with Crippen LogP contribution in [0.3, 0.4) is 0 Å². The van der Waals surface area contributed by atoms with Gasteiger partial charge in [0.15, 0.2) is 16.6 Å². The predicted octanol–water partition coefficient (Wildman–Crippen LogP) is 3.55. The summed E-state index contributed by atoms with van der Waals surface area (Å²) in [6.45, 7) is 1.23. The maximum absolute atomic E-state index is 5.92. The molecule has 5 heteroatoms. The van der Waals surface area contributed by atoms with Crippen molar-refractivity contribution >= 4 is 26.7 Å². The van der Waals surface area contributed by atoms with E-state index in [0.29, 0.717) is 13.2 Å². The van der Waals surface area contributed by atoms with Gasteiger partial charge in [0.05, 0.1) is 16.8 Å². The second kappa shape index (κ2) is 5.26. The van der Waals surface area contributed by atoms with Crippen LogP contribution in [0.15, 0.2) is 48.5 Å². The number of thiazole rings is 1. The van der Waals surface area contributed by atoms with Crippen molar-refractivity contribution in [2.75, 3.05) is 18.5 Å². The average Bonchev–Trinajstić information content (AvgIpc) is 2.95. The van der Waals surface area contributed by atoms with Crippen LogP contribution in [-0.2, 0) is 0 Å². The maximum Gasteiger partial charge on any atom is 0.183 e. The molecule has 0 spiro atoms. The van der Waals surface area contributed by atoms with Crippen molar-refractivity contribution in [3.05, 3.63) is 48.5 Å². The molecule has 0 bridgehead atoms. The number of hydrogen-bond acceptors (Lipinski definition) is 5. The molecule has 1 aliphatic heterocycles. The molecule has 1 aromatic heterocycles. The van der Waals surface area contributed by atoms with Crippen molar-refractivity contribution in [2.45, 2.75) is 6.10 Å². The van der Waals surface area contributed by atoms with E-state index in [4.69, 9.17) is 9.47 Å². The zero-order chi connectivity index (χ0) is 14.1. The van der Waals surface area contributed by atoms with Crippen molar-refractivity contribution in [3.63, 3.8) is 0 Å². The summed E-state index contributed by atoms with van der Waals surface area (Å²) in [4.78, 5) is 4.55. The van der Waals surface area contributed by atoms with Gasteiger partial charge in [0, 0.05) is 0 Å². The molecular formula is C16H14N2O2S. The van der Waals surface area contributed by atoms with Gasteiger partial charge in [-0.1, -0.05) is 35.6 Å². The summed E-state index contributed by atoms with van der Waals surface area (Å²) in [7, 11) is 0. The van der Waals surface area contributed by atoms with Crippen LogP contribution < -0.4 is 14.8 Å². The molecule has 3 aromatic rings. The Morgan fingerprint density at radius 3 is 2.81 bits per heavy atom. The summed E-state index contributed by atoms with van der Waals surface area (Å²) in [6, 6.07) is 15.9. The minimum absolute atomic E-state index is 0.00749. The second-order valence-electron chi connectivity index (χ2n) is 4.87. The standard InChI is InChI=1S/C16H14N2O2S/c1-4-8-15-12(5-1)18-16(21-15)17-9-11-10-19-13-6-2-3-7-14(13)20-11/h1-8,11H,9-10H2,(H,17,18)/t11-/m1/s1. The first-order valence-corrected chi connectivity index (χ1v) is 7.68. The molecule has 1 atom stereocenters. The Labute approximate surface area is 126 Å². The lowest BCUT2D eigenvalue weighted by atomic mass is 10.2. The minimum atomic E-state index is -0.00749. The number of nitrogens with zero attached hydrogens (tertiary/aromatic N) is 1. The number of ether oxygens (including phenoxy) is 2. The highest BCUT2D eigenvalue weighted by Gasteiger charge is 2.20. The normalized spacial score (nSPS) is 16.9. The zero-order valence-corrected chi connectivity index (χ0v) is 12.1. The van der Waals surface area contributed by atoms with Crippen LogP contribution in [0, 0.1) is 0 Å². The minimum Gasteiger partial charge on any atom is -0.486 e. The van der Waals surface area contributed by atoms with E-state index in [9.17, 15) is 0 Å². The fourth-order valence-electron chi connectivity index (χ4n) is 2.31. The number of nitrogens with one attached hydrogen (secondary N) is 1. The van der Waals surface area contributed by atoms with Gasteiger partial charge in [0.1, 0.15) is 12.7 Å². The molecule has 1 aliphatic rings. The Morgan fingerprint density at radius 2 is 1.90 bits per heavy atom. The third kappa shape index (κ3) is 2.52. The van der Waals surface area contributed by atoms with E-state index in [-0.39, 0.29) is 6.10 Å². The third-order valence-corrected chi connectivity index (χ3v) is 4.34. The molecule has 106 valence electrons. The summed E-state index contributed by atoms with van der Waals surface area (Å²) in [5, 5.41) is 4.25. The fourth-order valence-corrected chi connectivity index (χ4v) is 3.19. The lowest BCUT2D eigenvalue weighted by Gasteiger charge is -2.26. The Hall–Kier alpha value is -2.27. The zero-order valence-electron chi connectivity index (χ0n) is 11.3. The molecule has 4 nitrogen and oxygen atoms in total. The number of rotatable bonds is 3. The largest absolute Gasteiger partial charge is 0.486 e. The van der Waals surface area contributed by atoms with Crippen LogP contribution in [0.5, 0.6) is 11.5 Å². The Bertz CT molecular complexity index is 739. The van der Waals surface area contributed by atoms with Crippen LogP contribution in [0.4, 0.5) is 5.13 Å². The molecule has 2 heterocycles. The van der Waals surface area contributed by atoms with Crippen LogP contribution in [0.1, 0.15) is 0 Å². The van der Waals surface area contributed by atoms with Gasteiger partial charge >= 0.3 is 0 Å². The molecule has 0 amide bonds. The molecule has 0 saturated heterocycles. The lowest BCUT2D eigenvalue weighted by Crippen LogP contribution is -2.35. The molecule has 0 fully saturated rings. The van der Waals surface area contributed by atoms with Gasteiger partial charge in [-0.15, -0.1) is 0 Å². The van der Waals surface area contributed by atoms with Crippen LogP contribution in [0.25, 0.3) is 10.2 Å². The number of fused-ring (bicyclic) bond motifs is 2. The van der Waals surface area contributed by atoms with Crippen molar-refractivity contribution in [1.29, 1.82) is 0 Å². The number of para-hydroxylation sites is 3. The van der Waals surface area contributed by atoms with Gasteiger partial charge < -0.3 is 14.8 Å². The van der Waals surface area contributed by atoms with Gasteiger partial charge in [-0.25, -0.2) is 4.98 Å². The number of anilines is 1. The lowest BCUT2D eigenvalue weighted by molar-refractivity contribution is 0.0997. The first kappa shape index (κ1) is 12.5. The monoisotopic (exact) mass is 298 g/mol. The molecular weight excluding hydrogens is 284 g/mol. The van der Waals surface area contributed by atoms with E-state index in [2.05, 4.69) is 16.4 Å². The quantitative estimate of drug-likeness (QED) is 0.803. The van der Waals surface area contributed by atoms with Gasteiger partial charge in [-0.05, 0) is 24.3 Å². The van der Waals surface area contributed by atoms with Gasteiger partial charge in [0.25, 0.3) is 0 Å². The smallest absolute Gasteiger partial charge is 0.183 e. The maximum atomic E-state index is 5.92. The molecule has 2 aromatic carbocycles. The van der Waals surface area contributed by atoms with Crippen molar-refractivity contribution < 1.29 is 9.47 Å². The highest BCUT2D eigenvalue weighted by Crippen LogP contribution is 2.31. The van der Waals surface area contributed by atoms with Gasteiger partial charge in [-0.3, -0.25) is 0 Å². The van der Waals surface area contributed by atoms with Crippen molar-refractivity contribution in [3.8, 4) is 11.5 Å². The summed E-state index contributed by atoms with van der Waals surface area (Å²) in [6.07, 6.45) is -0.00749. The van der Waals surface area contributed by atoms with E-state index in [0.717, 1.165) is 22.1 Å². The number of hydrogen-bond donors (Lipinski definition) is 1. The highest BCUT2D eigenvalue weighted by molar-refractivity contribution is 7.22. The molecule has 1 N–H and O–H groups in total. The molecule has 0 saturated carbocycles. The first-order valence-electron chi connectivity index (χ1n) is 6.86. The van der Waals surface area contributed by atoms with E-state index < -0.39 is 0 Å². The highest BCUT2D eigenvalue weighted by atomic mass is 32.1.